The Hall–Kier alpha value is -0.880. The zero-order valence-electron chi connectivity index (χ0n) is 13.1. The van der Waals surface area contributed by atoms with Crippen molar-refractivity contribution in [1.82, 2.24) is 14.4 Å². The fourth-order valence-electron chi connectivity index (χ4n) is 3.00. The van der Waals surface area contributed by atoms with Crippen LogP contribution in [0.1, 0.15) is 13.8 Å². The number of piperazine rings is 1. The Labute approximate surface area is 141 Å². The molecule has 1 aliphatic heterocycles. The first-order chi connectivity index (χ1) is 10.5. The minimum atomic E-state index is 0.516. The van der Waals surface area contributed by atoms with Gasteiger partial charge in [0.25, 0.3) is 4.84 Å². The highest BCUT2D eigenvalue weighted by Gasteiger charge is 2.19. The third-order valence-corrected chi connectivity index (χ3v) is 4.60. The van der Waals surface area contributed by atoms with E-state index in [9.17, 15) is 0 Å². The van der Waals surface area contributed by atoms with Crippen LogP contribution in [0.25, 0.3) is 11.1 Å². The summed E-state index contributed by atoms with van der Waals surface area (Å²) in [6.45, 7) is 10.8. The number of benzene rings is 1. The molecule has 0 amide bonds. The van der Waals surface area contributed by atoms with Gasteiger partial charge in [0.2, 0.25) is 0 Å². The van der Waals surface area contributed by atoms with E-state index < -0.39 is 0 Å². The minimum Gasteiger partial charge on any atom is -0.429 e. The lowest BCUT2D eigenvalue weighted by Gasteiger charge is -2.35. The third-order valence-electron chi connectivity index (χ3n) is 4.06. The van der Waals surface area contributed by atoms with Crippen LogP contribution in [0.4, 0.5) is 0 Å². The molecule has 4 nitrogen and oxygen atoms in total. The number of nitrogens with zero attached hydrogens (tertiary/aromatic N) is 3. The Morgan fingerprint density at radius 1 is 1.18 bits per heavy atom. The Morgan fingerprint density at radius 3 is 2.55 bits per heavy atom. The molecule has 6 heteroatoms. The molecule has 1 aliphatic rings. The van der Waals surface area contributed by atoms with Crippen molar-refractivity contribution in [1.29, 1.82) is 0 Å². The molecule has 2 aromatic rings. The van der Waals surface area contributed by atoms with Gasteiger partial charge in [-0.15, -0.1) is 0 Å². The summed E-state index contributed by atoms with van der Waals surface area (Å²) in [5, 5.41) is 0.707. The summed E-state index contributed by atoms with van der Waals surface area (Å²) in [5.41, 5.74) is 1.77. The number of halogens is 1. The van der Waals surface area contributed by atoms with E-state index in [1.54, 1.807) is 0 Å². The zero-order valence-corrected chi connectivity index (χ0v) is 14.7. The summed E-state index contributed by atoms with van der Waals surface area (Å²) in [6.07, 6.45) is 0. The lowest BCUT2D eigenvalue weighted by Crippen LogP contribution is -2.47. The normalized spacial score (nSPS) is 17.6. The second-order valence-corrected chi connectivity index (χ2v) is 7.15. The summed E-state index contributed by atoms with van der Waals surface area (Å²) in [5.74, 6) is 0.722. The van der Waals surface area contributed by atoms with Gasteiger partial charge in [0.1, 0.15) is 0 Å². The number of hydrogen-bond acceptors (Lipinski definition) is 4. The molecule has 0 radical (unpaired) electrons. The molecule has 1 aromatic carbocycles. The highest BCUT2D eigenvalue weighted by atomic mass is 35.5. The molecule has 1 saturated heterocycles. The molecule has 0 atom stereocenters. The van der Waals surface area contributed by atoms with Gasteiger partial charge < -0.3 is 9.32 Å². The number of hydrogen-bond donors (Lipinski definition) is 0. The van der Waals surface area contributed by atoms with Gasteiger partial charge in [-0.3, -0.25) is 9.47 Å². The Balaban J connectivity index is 1.71. The molecular weight excluding hydrogens is 318 g/mol. The largest absolute Gasteiger partial charge is 0.429 e. The maximum absolute atomic E-state index is 6.10. The second-order valence-electron chi connectivity index (χ2n) is 6.36. The average molecular weight is 340 g/mol. The SMILES string of the molecule is CC(C)CN1CCN(Cn2c(=S)oc3ccc(Cl)cc32)CC1. The predicted octanol–water partition coefficient (Wildman–Crippen LogP) is 3.85. The first kappa shape index (κ1) is 16.0. The quantitative estimate of drug-likeness (QED) is 0.790. The highest BCUT2D eigenvalue weighted by Crippen LogP contribution is 2.22. The van der Waals surface area contributed by atoms with Crippen LogP contribution in [0, 0.1) is 10.8 Å². The maximum atomic E-state index is 6.10. The van der Waals surface area contributed by atoms with Crippen molar-refractivity contribution < 1.29 is 4.42 Å². The number of fused-ring (bicyclic) bond motifs is 1. The molecule has 3 rings (SSSR count). The minimum absolute atomic E-state index is 0.516. The van der Waals surface area contributed by atoms with Gasteiger partial charge in [-0.25, -0.2) is 0 Å². The third kappa shape index (κ3) is 3.54. The number of aromatic nitrogens is 1. The summed E-state index contributed by atoms with van der Waals surface area (Å²) in [4.78, 5) is 5.47. The monoisotopic (exact) mass is 339 g/mol. The molecular formula is C16H22ClN3OS. The van der Waals surface area contributed by atoms with Gasteiger partial charge in [0.05, 0.1) is 12.2 Å². The van der Waals surface area contributed by atoms with Gasteiger partial charge in [0, 0.05) is 37.7 Å². The van der Waals surface area contributed by atoms with E-state index in [2.05, 4.69) is 23.6 Å². The molecule has 0 aliphatic carbocycles. The van der Waals surface area contributed by atoms with E-state index >= 15 is 0 Å². The van der Waals surface area contributed by atoms with Crippen LogP contribution in [-0.4, -0.2) is 47.1 Å². The Bertz CT molecular complexity index is 701. The van der Waals surface area contributed by atoms with Crippen LogP contribution in [0.15, 0.2) is 22.6 Å². The van der Waals surface area contributed by atoms with Crippen LogP contribution >= 0.6 is 23.8 Å². The fraction of sp³-hybridized carbons (Fsp3) is 0.562. The topological polar surface area (TPSA) is 24.6 Å². The van der Waals surface area contributed by atoms with E-state index in [-0.39, 0.29) is 0 Å². The van der Waals surface area contributed by atoms with Crippen LogP contribution in [0.3, 0.4) is 0 Å². The molecule has 22 heavy (non-hydrogen) atoms. The van der Waals surface area contributed by atoms with E-state index in [0.29, 0.717) is 9.86 Å². The van der Waals surface area contributed by atoms with Crippen molar-refractivity contribution in [2.75, 3.05) is 32.7 Å². The highest BCUT2D eigenvalue weighted by molar-refractivity contribution is 7.71. The summed E-state index contributed by atoms with van der Waals surface area (Å²) in [6, 6.07) is 5.63. The lowest BCUT2D eigenvalue weighted by molar-refractivity contribution is 0.0993. The lowest BCUT2D eigenvalue weighted by atomic mass is 10.2. The van der Waals surface area contributed by atoms with Gasteiger partial charge in [-0.2, -0.15) is 0 Å². The standard InChI is InChI=1S/C16H22ClN3OS/c1-12(2)10-18-5-7-19(8-6-18)11-20-14-9-13(17)3-4-15(14)21-16(20)22/h3-4,9,12H,5-8,10-11H2,1-2H3. The van der Waals surface area contributed by atoms with Crippen LogP contribution in [0.2, 0.25) is 5.02 Å². The summed E-state index contributed by atoms with van der Waals surface area (Å²) < 4.78 is 7.69. The van der Waals surface area contributed by atoms with Gasteiger partial charge in [0.15, 0.2) is 5.58 Å². The number of rotatable bonds is 4. The molecule has 0 bridgehead atoms. The Morgan fingerprint density at radius 2 is 1.86 bits per heavy atom. The fourth-order valence-corrected chi connectivity index (χ4v) is 3.41. The van der Waals surface area contributed by atoms with E-state index in [4.69, 9.17) is 28.2 Å². The van der Waals surface area contributed by atoms with Crippen LogP contribution < -0.4 is 0 Å². The zero-order chi connectivity index (χ0) is 15.7. The van der Waals surface area contributed by atoms with Gasteiger partial charge >= 0.3 is 0 Å². The van der Waals surface area contributed by atoms with Crippen molar-refractivity contribution in [3.05, 3.63) is 28.1 Å². The number of oxazole rings is 1. The van der Waals surface area contributed by atoms with Crippen molar-refractivity contribution in [2.24, 2.45) is 5.92 Å². The molecule has 0 N–H and O–H groups in total. The molecule has 0 saturated carbocycles. The van der Waals surface area contributed by atoms with Crippen molar-refractivity contribution in [2.45, 2.75) is 20.5 Å². The predicted molar refractivity (Wildman–Crippen MR) is 92.9 cm³/mol. The van der Waals surface area contributed by atoms with Crippen LogP contribution in [0.5, 0.6) is 0 Å². The van der Waals surface area contributed by atoms with Crippen molar-refractivity contribution >= 4 is 34.9 Å². The van der Waals surface area contributed by atoms with Crippen molar-refractivity contribution in [3.8, 4) is 0 Å². The van der Waals surface area contributed by atoms with Gasteiger partial charge in [-0.05, 0) is 36.3 Å². The summed E-state index contributed by atoms with van der Waals surface area (Å²) in [7, 11) is 0. The first-order valence-electron chi connectivity index (χ1n) is 7.76. The maximum Gasteiger partial charge on any atom is 0.270 e. The summed E-state index contributed by atoms with van der Waals surface area (Å²) >= 11 is 11.5. The molecule has 120 valence electrons. The second kappa shape index (κ2) is 6.71. The first-order valence-corrected chi connectivity index (χ1v) is 8.55. The molecule has 2 heterocycles. The van der Waals surface area contributed by atoms with E-state index in [1.165, 1.54) is 6.54 Å². The molecule has 0 spiro atoms. The van der Waals surface area contributed by atoms with E-state index in [1.807, 2.05) is 22.8 Å². The Kier molecular flexibility index (Phi) is 4.88. The molecule has 1 fully saturated rings. The molecule has 0 unspecified atom stereocenters. The smallest absolute Gasteiger partial charge is 0.270 e. The van der Waals surface area contributed by atoms with E-state index in [0.717, 1.165) is 49.9 Å². The van der Waals surface area contributed by atoms with Crippen molar-refractivity contribution in [3.63, 3.8) is 0 Å². The van der Waals surface area contributed by atoms with Gasteiger partial charge in [-0.1, -0.05) is 25.4 Å². The average Bonchev–Trinajstić information content (AvgIpc) is 2.76. The molecule has 1 aromatic heterocycles. The van der Waals surface area contributed by atoms with Crippen LogP contribution in [-0.2, 0) is 6.67 Å².